The summed E-state index contributed by atoms with van der Waals surface area (Å²) >= 11 is 0. The molecule has 29 heavy (non-hydrogen) atoms. The molecule has 0 atom stereocenters. The van der Waals surface area contributed by atoms with Crippen LogP contribution in [0.4, 0.5) is 17.1 Å². The predicted molar refractivity (Wildman–Crippen MR) is 120 cm³/mol. The molecule has 0 fully saturated rings. The zero-order chi connectivity index (χ0) is 19.8. The van der Waals surface area contributed by atoms with Gasteiger partial charge in [0.25, 0.3) is 0 Å². The number of hydrogen-bond donors (Lipinski definition) is 0. The van der Waals surface area contributed by atoms with E-state index in [1.807, 2.05) is 18.2 Å². The Bertz CT molecular complexity index is 1110. The van der Waals surface area contributed by atoms with Crippen LogP contribution in [0.5, 0.6) is 11.5 Å². The van der Waals surface area contributed by atoms with Gasteiger partial charge in [0.1, 0.15) is 5.75 Å². The van der Waals surface area contributed by atoms with Crippen LogP contribution in [0, 0.1) is 0 Å². The molecule has 0 aromatic heterocycles. The molecule has 2 heteroatoms. The van der Waals surface area contributed by atoms with Gasteiger partial charge in [-0.2, -0.15) is 0 Å². The summed E-state index contributed by atoms with van der Waals surface area (Å²) in [7, 11) is 0. The first-order valence-corrected chi connectivity index (χ1v) is 9.97. The highest BCUT2D eigenvalue weighted by molar-refractivity contribution is 5.82. The van der Waals surface area contributed by atoms with Crippen LogP contribution in [0.15, 0.2) is 103 Å². The van der Waals surface area contributed by atoms with E-state index in [0.29, 0.717) is 0 Å². The molecule has 0 aliphatic carbocycles. The Morgan fingerprint density at radius 2 is 1.14 bits per heavy atom. The molecular formula is C27H23NO. The lowest BCUT2D eigenvalue weighted by Gasteiger charge is -2.37. The molecule has 0 amide bonds. The van der Waals surface area contributed by atoms with Crippen molar-refractivity contribution in [3.05, 3.63) is 114 Å². The third-order valence-electron chi connectivity index (χ3n) is 5.71. The maximum absolute atomic E-state index is 6.53. The lowest BCUT2D eigenvalue weighted by molar-refractivity contribution is 0.419. The molecule has 0 unspecified atom stereocenters. The smallest absolute Gasteiger partial charge is 0.155 e. The summed E-state index contributed by atoms with van der Waals surface area (Å²) in [6.07, 6.45) is 0. The summed E-state index contributed by atoms with van der Waals surface area (Å²) in [5.74, 6) is 1.85. The van der Waals surface area contributed by atoms with E-state index in [-0.39, 0.29) is 5.41 Å². The molecule has 4 aromatic carbocycles. The highest BCUT2D eigenvalue weighted by Gasteiger charge is 2.36. The minimum Gasteiger partial charge on any atom is -0.455 e. The number of anilines is 3. The van der Waals surface area contributed by atoms with Gasteiger partial charge < -0.3 is 9.64 Å². The monoisotopic (exact) mass is 377 g/mol. The van der Waals surface area contributed by atoms with Gasteiger partial charge in [0, 0.05) is 27.9 Å². The van der Waals surface area contributed by atoms with Crippen molar-refractivity contribution in [2.24, 2.45) is 0 Å². The Morgan fingerprint density at radius 3 is 1.79 bits per heavy atom. The molecule has 0 saturated carbocycles. The number of benzene rings is 4. The normalized spacial score (nSPS) is 13.7. The van der Waals surface area contributed by atoms with Crippen molar-refractivity contribution in [2.75, 3.05) is 4.90 Å². The number of nitrogens with zero attached hydrogens (tertiary/aromatic N) is 1. The van der Waals surface area contributed by atoms with E-state index in [1.165, 1.54) is 11.1 Å². The summed E-state index contributed by atoms with van der Waals surface area (Å²) in [6, 6.07) is 35.7. The quantitative estimate of drug-likeness (QED) is 0.365. The van der Waals surface area contributed by atoms with E-state index in [1.54, 1.807) is 0 Å². The first-order chi connectivity index (χ1) is 14.2. The lowest BCUT2D eigenvalue weighted by Crippen LogP contribution is -2.25. The van der Waals surface area contributed by atoms with Crippen molar-refractivity contribution in [1.29, 1.82) is 0 Å². The molecule has 1 heterocycles. The first-order valence-electron chi connectivity index (χ1n) is 9.97. The number of hydrogen-bond acceptors (Lipinski definition) is 2. The molecule has 142 valence electrons. The van der Waals surface area contributed by atoms with E-state index < -0.39 is 0 Å². The zero-order valence-corrected chi connectivity index (χ0v) is 16.7. The molecule has 2 nitrogen and oxygen atoms in total. The van der Waals surface area contributed by atoms with Crippen LogP contribution in [-0.4, -0.2) is 0 Å². The average Bonchev–Trinajstić information content (AvgIpc) is 2.76. The number of fused-ring (bicyclic) bond motifs is 2. The third kappa shape index (κ3) is 2.89. The second kappa shape index (κ2) is 6.82. The Hall–Kier alpha value is -3.52. The molecule has 0 N–H and O–H groups in total. The molecule has 1 aliphatic rings. The highest BCUT2D eigenvalue weighted by Crippen LogP contribution is 2.53. The van der Waals surface area contributed by atoms with Crippen LogP contribution in [0.25, 0.3) is 0 Å². The van der Waals surface area contributed by atoms with Crippen molar-refractivity contribution < 1.29 is 4.74 Å². The van der Waals surface area contributed by atoms with Crippen LogP contribution in [0.1, 0.15) is 25.0 Å². The van der Waals surface area contributed by atoms with Gasteiger partial charge in [-0.15, -0.1) is 0 Å². The Labute approximate surface area is 172 Å². The van der Waals surface area contributed by atoms with Crippen molar-refractivity contribution in [1.82, 2.24) is 0 Å². The summed E-state index contributed by atoms with van der Waals surface area (Å²) in [4.78, 5) is 2.27. The standard InChI is InChI=1S/C27H23NO/c1-27(2)22-16-9-10-19-25(22)29-26-23(27)17-11-18-24(26)28(20-12-5-3-6-13-20)21-14-7-4-8-15-21/h3-19H,1-2H3. The summed E-state index contributed by atoms with van der Waals surface area (Å²) < 4.78 is 6.53. The van der Waals surface area contributed by atoms with E-state index in [2.05, 4.69) is 104 Å². The molecule has 0 spiro atoms. The number of rotatable bonds is 3. The van der Waals surface area contributed by atoms with E-state index >= 15 is 0 Å². The van der Waals surface area contributed by atoms with Gasteiger partial charge in [-0.3, -0.25) is 0 Å². The Balaban J connectivity index is 1.75. The van der Waals surface area contributed by atoms with Crippen LogP contribution < -0.4 is 9.64 Å². The summed E-state index contributed by atoms with van der Waals surface area (Å²) in [5.41, 5.74) is 5.53. The van der Waals surface area contributed by atoms with Gasteiger partial charge in [-0.25, -0.2) is 0 Å². The molecule has 0 bridgehead atoms. The fraction of sp³-hybridized carbons (Fsp3) is 0.111. The summed E-state index contributed by atoms with van der Waals surface area (Å²) in [5, 5.41) is 0. The van der Waals surface area contributed by atoms with E-state index in [0.717, 1.165) is 28.6 Å². The van der Waals surface area contributed by atoms with Crippen LogP contribution in [-0.2, 0) is 5.41 Å². The van der Waals surface area contributed by atoms with Gasteiger partial charge in [-0.05, 0) is 36.4 Å². The first kappa shape index (κ1) is 17.6. The van der Waals surface area contributed by atoms with Crippen molar-refractivity contribution in [2.45, 2.75) is 19.3 Å². The van der Waals surface area contributed by atoms with Crippen molar-refractivity contribution >= 4 is 17.1 Å². The van der Waals surface area contributed by atoms with Crippen molar-refractivity contribution in [3.8, 4) is 11.5 Å². The maximum Gasteiger partial charge on any atom is 0.155 e. The summed E-state index contributed by atoms with van der Waals surface area (Å²) in [6.45, 7) is 4.54. The lowest BCUT2D eigenvalue weighted by atomic mass is 9.75. The second-order valence-corrected chi connectivity index (χ2v) is 7.88. The SMILES string of the molecule is CC1(C)c2ccccc2Oc2c(N(c3ccccc3)c3ccccc3)cccc21. The molecule has 0 saturated heterocycles. The van der Waals surface area contributed by atoms with Gasteiger partial charge in [0.2, 0.25) is 0 Å². The maximum atomic E-state index is 6.53. The van der Waals surface area contributed by atoms with Crippen LogP contribution >= 0.6 is 0 Å². The minimum atomic E-state index is -0.140. The zero-order valence-electron chi connectivity index (χ0n) is 16.7. The van der Waals surface area contributed by atoms with Gasteiger partial charge in [0.05, 0.1) is 5.69 Å². The second-order valence-electron chi connectivity index (χ2n) is 7.88. The number of ether oxygens (including phenoxy) is 1. The fourth-order valence-electron chi connectivity index (χ4n) is 4.21. The van der Waals surface area contributed by atoms with Crippen LogP contribution in [0.2, 0.25) is 0 Å². The molecule has 5 rings (SSSR count). The average molecular weight is 377 g/mol. The molecule has 1 aliphatic heterocycles. The minimum absolute atomic E-state index is 0.140. The molecular weight excluding hydrogens is 354 g/mol. The Morgan fingerprint density at radius 1 is 0.586 bits per heavy atom. The van der Waals surface area contributed by atoms with Gasteiger partial charge >= 0.3 is 0 Å². The van der Waals surface area contributed by atoms with Crippen molar-refractivity contribution in [3.63, 3.8) is 0 Å². The predicted octanol–water partition coefficient (Wildman–Crippen LogP) is 7.59. The highest BCUT2D eigenvalue weighted by atomic mass is 16.5. The fourth-order valence-corrected chi connectivity index (χ4v) is 4.21. The van der Waals surface area contributed by atoms with Gasteiger partial charge in [0.15, 0.2) is 5.75 Å². The van der Waals surface area contributed by atoms with Crippen LogP contribution in [0.3, 0.4) is 0 Å². The number of para-hydroxylation sites is 4. The largest absolute Gasteiger partial charge is 0.455 e. The van der Waals surface area contributed by atoms with Gasteiger partial charge in [-0.1, -0.05) is 80.6 Å². The topological polar surface area (TPSA) is 12.5 Å². The molecule has 4 aromatic rings. The third-order valence-corrected chi connectivity index (χ3v) is 5.71. The van der Waals surface area contributed by atoms with E-state index in [4.69, 9.17) is 4.74 Å². The van der Waals surface area contributed by atoms with E-state index in [9.17, 15) is 0 Å². The molecule has 0 radical (unpaired) electrons. The Kier molecular flexibility index (Phi) is 4.13.